The number of benzene rings is 1. The van der Waals surface area contributed by atoms with Gasteiger partial charge in [0, 0.05) is 11.6 Å². The van der Waals surface area contributed by atoms with E-state index in [0.29, 0.717) is 6.61 Å². The van der Waals surface area contributed by atoms with Crippen LogP contribution in [0.5, 0.6) is 5.75 Å². The summed E-state index contributed by atoms with van der Waals surface area (Å²) in [5.41, 5.74) is 0. The molecular weight excluding hydrogens is 254 g/mol. The molecule has 0 unspecified atom stereocenters. The molecule has 0 amide bonds. The van der Waals surface area contributed by atoms with Crippen molar-refractivity contribution in [2.75, 3.05) is 6.61 Å². The van der Waals surface area contributed by atoms with Crippen LogP contribution < -0.4 is 21.7 Å². The summed E-state index contributed by atoms with van der Waals surface area (Å²) >= 11 is 0. The van der Waals surface area contributed by atoms with Crippen LogP contribution in [0.3, 0.4) is 0 Å². The van der Waals surface area contributed by atoms with Gasteiger partial charge in [-0.1, -0.05) is 6.07 Å². The van der Waals surface area contributed by atoms with Gasteiger partial charge in [-0.15, -0.1) is 12.1 Å². The van der Waals surface area contributed by atoms with Crippen LogP contribution >= 0.6 is 0 Å². The van der Waals surface area contributed by atoms with E-state index in [1.807, 2.05) is 0 Å². The van der Waals surface area contributed by atoms with Crippen molar-refractivity contribution in [1.29, 1.82) is 0 Å². The Bertz CT molecular complexity index is 258. The van der Waals surface area contributed by atoms with Gasteiger partial charge in [-0.05, 0) is 6.92 Å². The Morgan fingerprint density at radius 1 is 1.46 bits per heavy atom. The average Bonchev–Trinajstić information content (AvgIpc) is 1.95. The van der Waals surface area contributed by atoms with Gasteiger partial charge in [0.15, 0.2) is 0 Å². The molecule has 0 atom stereocenters. The van der Waals surface area contributed by atoms with E-state index < -0.39 is 11.6 Å². The summed E-state index contributed by atoms with van der Waals surface area (Å²) in [6.07, 6.45) is 0. The minimum absolute atomic E-state index is 0. The van der Waals surface area contributed by atoms with Crippen LogP contribution in [0.15, 0.2) is 12.1 Å². The molecule has 0 spiro atoms. The van der Waals surface area contributed by atoms with E-state index in [9.17, 15) is 8.78 Å². The Balaban J connectivity index is 0. The van der Waals surface area contributed by atoms with Crippen LogP contribution in [0, 0.1) is 17.7 Å². The topological polar surface area (TPSA) is 9.23 Å². The zero-order valence-corrected chi connectivity index (χ0v) is 10.1. The second kappa shape index (κ2) is 7.52. The Morgan fingerprint density at radius 2 is 2.08 bits per heavy atom. The minimum Gasteiger partial charge on any atom is -1.00 e. The quantitative estimate of drug-likeness (QED) is 0.479. The summed E-state index contributed by atoms with van der Waals surface area (Å²) in [7, 11) is 0. The van der Waals surface area contributed by atoms with Gasteiger partial charge in [0.25, 0.3) is 0 Å². The van der Waals surface area contributed by atoms with Crippen molar-refractivity contribution in [3.63, 3.8) is 0 Å². The van der Waals surface area contributed by atoms with Crippen LogP contribution in [0.25, 0.3) is 0 Å². The Labute approximate surface area is 102 Å². The Kier molecular flexibility index (Phi) is 9.02. The van der Waals surface area contributed by atoms with Gasteiger partial charge >= 0.3 is 23.1 Å². The summed E-state index contributed by atoms with van der Waals surface area (Å²) in [5, 5.41) is 0. The van der Waals surface area contributed by atoms with Crippen molar-refractivity contribution in [2.45, 2.75) is 6.92 Å². The molecule has 68 valence electrons. The van der Waals surface area contributed by atoms with E-state index in [-0.39, 0.29) is 45.8 Å². The van der Waals surface area contributed by atoms with Crippen molar-refractivity contribution in [1.82, 2.24) is 0 Å². The van der Waals surface area contributed by atoms with Crippen molar-refractivity contribution in [3.05, 3.63) is 29.8 Å². The van der Waals surface area contributed by atoms with E-state index in [1.54, 1.807) is 6.92 Å². The molecule has 0 aliphatic carbocycles. The molecule has 0 bridgehead atoms. The van der Waals surface area contributed by atoms with Gasteiger partial charge in [0.2, 0.25) is 0 Å². The third-order valence-electron chi connectivity index (χ3n) is 1.11. The largest absolute Gasteiger partial charge is 2.00 e. The van der Waals surface area contributed by atoms with Crippen molar-refractivity contribution < 1.29 is 30.5 Å². The van der Waals surface area contributed by atoms with Crippen LogP contribution in [-0.4, -0.2) is 29.7 Å². The fourth-order valence-electron chi connectivity index (χ4n) is 0.687. The van der Waals surface area contributed by atoms with Gasteiger partial charge in [-0.3, -0.25) is 8.78 Å². The van der Waals surface area contributed by atoms with E-state index in [0.717, 1.165) is 12.1 Å². The molecule has 0 N–H and O–H groups in total. The smallest absolute Gasteiger partial charge is 1.00 e. The molecule has 13 heavy (non-hydrogen) atoms. The molecular formula is C8H7BrF2MgO. The van der Waals surface area contributed by atoms with Crippen LogP contribution in [0.4, 0.5) is 8.78 Å². The summed E-state index contributed by atoms with van der Waals surface area (Å²) in [5.74, 6) is -1.40. The molecule has 5 heteroatoms. The first-order chi connectivity index (χ1) is 5.24. The summed E-state index contributed by atoms with van der Waals surface area (Å²) < 4.78 is 29.7. The third-order valence-corrected chi connectivity index (χ3v) is 1.11. The molecule has 1 aromatic rings. The molecule has 1 rings (SSSR count). The zero-order chi connectivity index (χ0) is 8.27. The molecule has 0 aromatic heterocycles. The molecule has 0 saturated carbocycles. The van der Waals surface area contributed by atoms with Crippen LogP contribution in [-0.2, 0) is 0 Å². The first kappa shape index (κ1) is 15.6. The zero-order valence-electron chi connectivity index (χ0n) is 7.11. The predicted octanol–water partition coefficient (Wildman–Crippen LogP) is -1.21. The third kappa shape index (κ3) is 4.78. The minimum atomic E-state index is -0.716. The van der Waals surface area contributed by atoms with Crippen molar-refractivity contribution >= 4 is 23.1 Å². The van der Waals surface area contributed by atoms with Gasteiger partial charge in [0.05, 0.1) is 12.4 Å². The SMILES string of the molecule is CCOc1[c-]cc(F)cc1F.[Br-].[Mg+2]. The van der Waals surface area contributed by atoms with E-state index in [1.165, 1.54) is 0 Å². The second-order valence-corrected chi connectivity index (χ2v) is 1.93. The van der Waals surface area contributed by atoms with Crippen molar-refractivity contribution in [2.24, 2.45) is 0 Å². The number of halogens is 3. The van der Waals surface area contributed by atoms with Gasteiger partial charge < -0.3 is 21.7 Å². The molecule has 1 nitrogen and oxygen atoms in total. The number of rotatable bonds is 2. The molecule has 0 heterocycles. The predicted molar refractivity (Wildman–Crippen MR) is 42.1 cm³/mol. The first-order valence-electron chi connectivity index (χ1n) is 3.23. The van der Waals surface area contributed by atoms with E-state index in [4.69, 9.17) is 4.74 Å². The Hall–Kier alpha value is 0.126. The fraction of sp³-hybridized carbons (Fsp3) is 0.250. The number of hydrogen-bond donors (Lipinski definition) is 0. The van der Waals surface area contributed by atoms with Gasteiger partial charge in [0.1, 0.15) is 0 Å². The molecule has 0 aliphatic heterocycles. The average molecular weight is 261 g/mol. The summed E-state index contributed by atoms with van der Waals surface area (Å²) in [6.45, 7) is 2.07. The van der Waals surface area contributed by atoms with E-state index >= 15 is 0 Å². The Morgan fingerprint density at radius 3 is 2.54 bits per heavy atom. The maximum absolute atomic E-state index is 12.6. The van der Waals surface area contributed by atoms with E-state index in [2.05, 4.69) is 6.07 Å². The van der Waals surface area contributed by atoms with Crippen molar-refractivity contribution in [3.8, 4) is 5.75 Å². The van der Waals surface area contributed by atoms with Gasteiger partial charge in [-0.2, -0.15) is 0 Å². The van der Waals surface area contributed by atoms with Crippen LogP contribution in [0.2, 0.25) is 0 Å². The summed E-state index contributed by atoms with van der Waals surface area (Å²) in [6, 6.07) is 4.13. The molecule has 0 fully saturated rings. The second-order valence-electron chi connectivity index (χ2n) is 1.93. The first-order valence-corrected chi connectivity index (χ1v) is 3.23. The fourth-order valence-corrected chi connectivity index (χ4v) is 0.687. The van der Waals surface area contributed by atoms with Gasteiger partial charge in [-0.25, -0.2) is 0 Å². The van der Waals surface area contributed by atoms with Crippen LogP contribution in [0.1, 0.15) is 6.92 Å². The molecule has 1 aromatic carbocycles. The molecule has 0 aliphatic rings. The standard InChI is InChI=1S/C8H7F2O.BrH.Mg/c1-2-11-8-4-3-6(9)5-7(8)10;;/h3,5H,2H2,1H3;1H;/q-1;;+2/p-1. The number of ether oxygens (including phenoxy) is 1. The molecule has 0 saturated heterocycles. The number of hydrogen-bond acceptors (Lipinski definition) is 1. The molecule has 0 radical (unpaired) electrons. The normalized spacial score (nSPS) is 8.23. The summed E-state index contributed by atoms with van der Waals surface area (Å²) in [4.78, 5) is 0. The maximum Gasteiger partial charge on any atom is 2.00 e. The monoisotopic (exact) mass is 260 g/mol. The maximum atomic E-state index is 12.6.